The summed E-state index contributed by atoms with van der Waals surface area (Å²) in [5.41, 5.74) is 3.15. The lowest BCUT2D eigenvalue weighted by Crippen LogP contribution is -2.31. The fraction of sp³-hybridized carbons (Fsp3) is 0.300. The van der Waals surface area contributed by atoms with Gasteiger partial charge in [0.15, 0.2) is 0 Å². The predicted octanol–water partition coefficient (Wildman–Crippen LogP) is 3.55. The standard InChI is InChI=1S/C20H19NO2/c1-2-23-19(22)13-20(14-21)17-9-5-3-7-15(17)11-12-16-8-4-6-10-18(16)20/h3-10H,2,11-13H2,1H3. The topological polar surface area (TPSA) is 50.1 Å². The van der Waals surface area contributed by atoms with E-state index in [0.717, 1.165) is 35.1 Å². The summed E-state index contributed by atoms with van der Waals surface area (Å²) < 4.78 is 5.15. The van der Waals surface area contributed by atoms with Crippen LogP contribution in [-0.2, 0) is 27.8 Å². The molecule has 0 saturated carbocycles. The molecule has 0 aliphatic heterocycles. The molecule has 3 rings (SSSR count). The highest BCUT2D eigenvalue weighted by Gasteiger charge is 2.41. The summed E-state index contributed by atoms with van der Waals surface area (Å²) in [5.74, 6) is -0.333. The summed E-state index contributed by atoms with van der Waals surface area (Å²) in [6, 6.07) is 18.4. The maximum Gasteiger partial charge on any atom is 0.308 e. The van der Waals surface area contributed by atoms with Crippen molar-refractivity contribution in [3.05, 3.63) is 70.8 Å². The van der Waals surface area contributed by atoms with Gasteiger partial charge in [0.25, 0.3) is 0 Å². The number of hydrogen-bond acceptors (Lipinski definition) is 3. The minimum absolute atomic E-state index is 0.0470. The summed E-state index contributed by atoms with van der Waals surface area (Å²) in [6.45, 7) is 2.11. The van der Waals surface area contributed by atoms with E-state index in [1.54, 1.807) is 6.92 Å². The number of carbonyl (C=O) groups is 1. The number of nitrogens with zero attached hydrogens (tertiary/aromatic N) is 1. The second-order valence-electron chi connectivity index (χ2n) is 5.81. The van der Waals surface area contributed by atoms with Gasteiger partial charge < -0.3 is 4.74 Å². The van der Waals surface area contributed by atoms with Crippen LogP contribution in [-0.4, -0.2) is 12.6 Å². The predicted molar refractivity (Wildman–Crippen MR) is 87.9 cm³/mol. The smallest absolute Gasteiger partial charge is 0.308 e. The van der Waals surface area contributed by atoms with E-state index in [-0.39, 0.29) is 12.4 Å². The van der Waals surface area contributed by atoms with Crippen molar-refractivity contribution in [3.63, 3.8) is 0 Å². The Hall–Kier alpha value is -2.60. The Morgan fingerprint density at radius 1 is 1.09 bits per heavy atom. The molecule has 0 bridgehead atoms. The van der Waals surface area contributed by atoms with Crippen molar-refractivity contribution < 1.29 is 9.53 Å². The third-order valence-corrected chi connectivity index (χ3v) is 4.52. The molecule has 0 aromatic heterocycles. The molecule has 1 aliphatic carbocycles. The SMILES string of the molecule is CCOC(=O)CC1(C#N)c2ccccc2CCc2ccccc21. The van der Waals surface area contributed by atoms with Gasteiger partial charge in [-0.2, -0.15) is 5.26 Å². The van der Waals surface area contributed by atoms with Gasteiger partial charge in [0.1, 0.15) is 5.41 Å². The van der Waals surface area contributed by atoms with Gasteiger partial charge in [-0.1, -0.05) is 48.5 Å². The van der Waals surface area contributed by atoms with Crippen molar-refractivity contribution in [2.45, 2.75) is 31.6 Å². The highest BCUT2D eigenvalue weighted by Crippen LogP contribution is 2.42. The Morgan fingerprint density at radius 3 is 2.09 bits per heavy atom. The normalized spacial score (nSPS) is 14.8. The van der Waals surface area contributed by atoms with Gasteiger partial charge in [-0.15, -0.1) is 0 Å². The molecule has 0 fully saturated rings. The molecule has 116 valence electrons. The number of benzene rings is 2. The van der Waals surface area contributed by atoms with Crippen LogP contribution in [0.2, 0.25) is 0 Å². The number of hydrogen-bond donors (Lipinski definition) is 0. The average molecular weight is 305 g/mol. The van der Waals surface area contributed by atoms with Crippen LogP contribution in [0.1, 0.15) is 35.6 Å². The molecular formula is C20H19NO2. The van der Waals surface area contributed by atoms with Crippen molar-refractivity contribution in [2.75, 3.05) is 6.61 Å². The van der Waals surface area contributed by atoms with Crippen LogP contribution >= 0.6 is 0 Å². The number of fused-ring (bicyclic) bond motifs is 2. The average Bonchev–Trinajstić information content (AvgIpc) is 2.71. The minimum atomic E-state index is -0.976. The van der Waals surface area contributed by atoms with E-state index in [1.807, 2.05) is 36.4 Å². The van der Waals surface area contributed by atoms with Crippen LogP contribution in [0.3, 0.4) is 0 Å². The zero-order chi connectivity index (χ0) is 16.3. The van der Waals surface area contributed by atoms with Crippen LogP contribution in [0.4, 0.5) is 0 Å². The Bertz CT molecular complexity index is 726. The summed E-state index contributed by atoms with van der Waals surface area (Å²) in [6.07, 6.45) is 1.80. The molecule has 0 radical (unpaired) electrons. The monoisotopic (exact) mass is 305 g/mol. The second kappa shape index (κ2) is 6.26. The lowest BCUT2D eigenvalue weighted by molar-refractivity contribution is -0.143. The lowest BCUT2D eigenvalue weighted by atomic mass is 9.71. The number of aryl methyl sites for hydroxylation is 2. The van der Waals surface area contributed by atoms with Crippen LogP contribution in [0.15, 0.2) is 48.5 Å². The molecule has 2 aromatic rings. The zero-order valence-corrected chi connectivity index (χ0v) is 13.2. The molecule has 0 spiro atoms. The van der Waals surface area contributed by atoms with E-state index in [4.69, 9.17) is 4.74 Å². The summed E-state index contributed by atoms with van der Waals surface area (Å²) in [7, 11) is 0. The van der Waals surface area contributed by atoms with Gasteiger partial charge in [0.05, 0.1) is 19.1 Å². The number of carbonyl (C=O) groups excluding carboxylic acids is 1. The first-order valence-electron chi connectivity index (χ1n) is 7.95. The first-order chi connectivity index (χ1) is 11.2. The van der Waals surface area contributed by atoms with Crippen LogP contribution in [0.25, 0.3) is 0 Å². The van der Waals surface area contributed by atoms with E-state index in [1.165, 1.54) is 0 Å². The van der Waals surface area contributed by atoms with Crippen molar-refractivity contribution in [2.24, 2.45) is 0 Å². The second-order valence-corrected chi connectivity index (χ2v) is 5.81. The van der Waals surface area contributed by atoms with Crippen molar-refractivity contribution >= 4 is 5.97 Å². The quantitative estimate of drug-likeness (QED) is 0.815. The molecule has 0 unspecified atom stereocenters. The number of rotatable bonds is 3. The number of esters is 1. The van der Waals surface area contributed by atoms with Crippen LogP contribution < -0.4 is 0 Å². The highest BCUT2D eigenvalue weighted by atomic mass is 16.5. The summed E-state index contributed by atoms with van der Waals surface area (Å²) in [5, 5.41) is 10.1. The van der Waals surface area contributed by atoms with E-state index in [0.29, 0.717) is 6.61 Å². The minimum Gasteiger partial charge on any atom is -0.466 e. The maximum atomic E-state index is 12.2. The Morgan fingerprint density at radius 2 is 1.61 bits per heavy atom. The van der Waals surface area contributed by atoms with Crippen molar-refractivity contribution in [1.82, 2.24) is 0 Å². The molecule has 23 heavy (non-hydrogen) atoms. The van der Waals surface area contributed by atoms with E-state index < -0.39 is 5.41 Å². The van der Waals surface area contributed by atoms with Gasteiger partial charge in [-0.25, -0.2) is 0 Å². The Labute approximate surface area is 136 Å². The summed E-state index contributed by atoms with van der Waals surface area (Å²) in [4.78, 5) is 12.2. The highest BCUT2D eigenvalue weighted by molar-refractivity contribution is 5.75. The number of nitriles is 1. The van der Waals surface area contributed by atoms with Crippen molar-refractivity contribution in [1.29, 1.82) is 5.26 Å². The van der Waals surface area contributed by atoms with Crippen LogP contribution in [0.5, 0.6) is 0 Å². The van der Waals surface area contributed by atoms with Crippen molar-refractivity contribution in [3.8, 4) is 6.07 Å². The van der Waals surface area contributed by atoms with Gasteiger partial charge in [0.2, 0.25) is 0 Å². The van der Waals surface area contributed by atoms with E-state index in [2.05, 4.69) is 18.2 Å². The molecule has 1 aliphatic rings. The third-order valence-electron chi connectivity index (χ3n) is 4.52. The van der Waals surface area contributed by atoms with Gasteiger partial charge in [-0.05, 0) is 42.0 Å². The third kappa shape index (κ3) is 2.61. The molecule has 2 aromatic carbocycles. The molecule has 0 saturated heterocycles. The molecular weight excluding hydrogens is 286 g/mol. The maximum absolute atomic E-state index is 12.2. The molecule has 0 heterocycles. The number of ether oxygens (including phenoxy) is 1. The van der Waals surface area contributed by atoms with Crippen LogP contribution in [0, 0.1) is 11.3 Å². The molecule has 0 N–H and O–H groups in total. The molecule has 3 nitrogen and oxygen atoms in total. The zero-order valence-electron chi connectivity index (χ0n) is 13.2. The van der Waals surface area contributed by atoms with Gasteiger partial charge >= 0.3 is 5.97 Å². The Kier molecular flexibility index (Phi) is 4.16. The van der Waals surface area contributed by atoms with Gasteiger partial charge in [-0.3, -0.25) is 4.79 Å². The molecule has 0 atom stereocenters. The van der Waals surface area contributed by atoms with E-state index >= 15 is 0 Å². The molecule has 3 heteroatoms. The van der Waals surface area contributed by atoms with E-state index in [9.17, 15) is 10.1 Å². The Balaban J connectivity index is 2.23. The largest absolute Gasteiger partial charge is 0.466 e. The fourth-order valence-corrected chi connectivity index (χ4v) is 3.50. The van der Waals surface area contributed by atoms with Gasteiger partial charge in [0, 0.05) is 0 Å². The first kappa shape index (κ1) is 15.3. The summed E-state index contributed by atoms with van der Waals surface area (Å²) >= 11 is 0. The first-order valence-corrected chi connectivity index (χ1v) is 7.95. The lowest BCUT2D eigenvalue weighted by Gasteiger charge is -2.28. The fourth-order valence-electron chi connectivity index (χ4n) is 3.50. The molecule has 0 amide bonds.